The fraction of sp³-hybridized carbons (Fsp3) is 1.00. The first-order valence-electron chi connectivity index (χ1n) is 16.6. The molecule has 0 amide bonds. The van der Waals surface area contributed by atoms with Gasteiger partial charge in [0.2, 0.25) is 10.4 Å². The molecule has 0 spiro atoms. The van der Waals surface area contributed by atoms with Gasteiger partial charge in [0.15, 0.2) is 0 Å². The van der Waals surface area contributed by atoms with E-state index in [1.807, 2.05) is 0 Å². The molecule has 38 heavy (non-hydrogen) atoms. The molecule has 0 aromatic heterocycles. The number of hydrogen-bond acceptors (Lipinski definition) is 4. The Bertz CT molecular complexity index is 542. The van der Waals surface area contributed by atoms with Crippen molar-refractivity contribution < 1.29 is 68.5 Å². The van der Waals surface area contributed by atoms with E-state index in [0.717, 1.165) is 25.7 Å². The number of hydrogen-bond donors (Lipinski definition) is 0. The van der Waals surface area contributed by atoms with Gasteiger partial charge in [0, 0.05) is 0 Å². The molecule has 0 aliphatic heterocycles. The Hall–Kier alpha value is 1.51. The normalized spacial score (nSPS) is 12.5. The van der Waals surface area contributed by atoms with Gasteiger partial charge in [0.05, 0.1) is 6.61 Å². The maximum atomic E-state index is 10.9. The topological polar surface area (TPSA) is 66.4 Å². The zero-order valence-corrected chi connectivity index (χ0v) is 30.1. The fourth-order valence-corrected chi connectivity index (χ4v) is 5.75. The average Bonchev–Trinajstić information content (AvgIpc) is 2.87. The van der Waals surface area contributed by atoms with Crippen LogP contribution in [0.25, 0.3) is 0 Å². The van der Waals surface area contributed by atoms with E-state index in [2.05, 4.69) is 18.0 Å². The van der Waals surface area contributed by atoms with Gasteiger partial charge in [-0.25, -0.2) is 8.42 Å². The van der Waals surface area contributed by atoms with Crippen LogP contribution in [0.2, 0.25) is 0 Å². The second kappa shape index (κ2) is 33.0. The summed E-state index contributed by atoms with van der Waals surface area (Å²) in [5.74, 6) is 0.198. The fourth-order valence-electron chi connectivity index (χ4n) is 5.39. The SMILES string of the molecule is CCCCCCCCCCCCCCCCC(CCCCCCCCCCCCCC)COS(=O)(=O)[O-].[K+]. The van der Waals surface area contributed by atoms with Crippen LogP contribution in [0.3, 0.4) is 0 Å². The summed E-state index contributed by atoms with van der Waals surface area (Å²) >= 11 is 0. The van der Waals surface area contributed by atoms with Gasteiger partial charge in [-0.2, -0.15) is 0 Å². The van der Waals surface area contributed by atoms with E-state index in [4.69, 9.17) is 0 Å². The van der Waals surface area contributed by atoms with E-state index >= 15 is 0 Å². The monoisotopic (exact) mass is 584 g/mol. The minimum atomic E-state index is -4.58. The van der Waals surface area contributed by atoms with E-state index in [9.17, 15) is 13.0 Å². The van der Waals surface area contributed by atoms with Crippen molar-refractivity contribution in [2.75, 3.05) is 6.61 Å². The Labute approximate surface area is 282 Å². The van der Waals surface area contributed by atoms with Crippen LogP contribution in [0.1, 0.15) is 194 Å². The maximum Gasteiger partial charge on any atom is 1.00 e. The van der Waals surface area contributed by atoms with Gasteiger partial charge in [-0.1, -0.05) is 181 Å². The summed E-state index contributed by atoms with van der Waals surface area (Å²) in [5.41, 5.74) is 0. The van der Waals surface area contributed by atoms with Crippen LogP contribution in [0.15, 0.2) is 0 Å². The van der Waals surface area contributed by atoms with Crippen LogP contribution in [-0.2, 0) is 14.6 Å². The van der Waals surface area contributed by atoms with Crippen molar-refractivity contribution in [1.29, 1.82) is 0 Å². The Balaban J connectivity index is 0. The van der Waals surface area contributed by atoms with Gasteiger partial charge in [-0.3, -0.25) is 4.18 Å². The molecule has 0 radical (unpaired) electrons. The van der Waals surface area contributed by atoms with E-state index in [0.29, 0.717) is 0 Å². The summed E-state index contributed by atoms with van der Waals surface area (Å²) in [7, 11) is -4.58. The van der Waals surface area contributed by atoms with Gasteiger partial charge in [-0.15, -0.1) is 0 Å². The minimum absolute atomic E-state index is 0. The molecule has 0 aromatic rings. The third kappa shape index (κ3) is 35.5. The van der Waals surface area contributed by atoms with Crippen molar-refractivity contribution in [3.63, 3.8) is 0 Å². The molecular formula is C32H65KO4S. The molecule has 0 saturated carbocycles. The summed E-state index contributed by atoms with van der Waals surface area (Å²) in [6.07, 6.45) is 36.6. The van der Waals surface area contributed by atoms with E-state index in [-0.39, 0.29) is 63.9 Å². The first kappa shape index (κ1) is 41.6. The van der Waals surface area contributed by atoms with Crippen LogP contribution >= 0.6 is 0 Å². The molecular weight excluding hydrogens is 520 g/mol. The molecule has 0 fully saturated rings. The Morgan fingerprint density at radius 2 is 0.711 bits per heavy atom. The summed E-state index contributed by atoms with van der Waals surface area (Å²) < 4.78 is 37.4. The minimum Gasteiger partial charge on any atom is -0.726 e. The second-order valence-electron chi connectivity index (χ2n) is 11.6. The van der Waals surface area contributed by atoms with Crippen LogP contribution < -0.4 is 51.4 Å². The average molecular weight is 585 g/mol. The van der Waals surface area contributed by atoms with Gasteiger partial charge < -0.3 is 4.55 Å². The molecule has 1 unspecified atom stereocenters. The molecule has 6 heteroatoms. The van der Waals surface area contributed by atoms with E-state index in [1.165, 1.54) is 154 Å². The Morgan fingerprint density at radius 1 is 0.474 bits per heavy atom. The van der Waals surface area contributed by atoms with Gasteiger partial charge >= 0.3 is 51.4 Å². The van der Waals surface area contributed by atoms with Gasteiger partial charge in [0.1, 0.15) is 0 Å². The first-order valence-corrected chi connectivity index (χ1v) is 17.9. The standard InChI is InChI=1S/C32H66O4S.K/c1-3-5-7-9-11-13-15-17-18-20-22-24-26-28-30-32(31-36-37(33,34)35)29-27-25-23-21-19-16-14-12-10-8-6-4-2;/h32H,3-31H2,1-2H3,(H,33,34,35);/q;+1/p-1. The molecule has 0 N–H and O–H groups in total. The second-order valence-corrected chi connectivity index (χ2v) is 12.7. The molecule has 0 aliphatic carbocycles. The van der Waals surface area contributed by atoms with Crippen molar-refractivity contribution in [1.82, 2.24) is 0 Å². The Kier molecular flexibility index (Phi) is 36.2. The predicted octanol–water partition coefficient (Wildman–Crippen LogP) is 8.05. The van der Waals surface area contributed by atoms with E-state index in [1.54, 1.807) is 0 Å². The summed E-state index contributed by atoms with van der Waals surface area (Å²) in [6, 6.07) is 0. The first-order chi connectivity index (χ1) is 18.0. The van der Waals surface area contributed by atoms with Crippen molar-refractivity contribution in [2.45, 2.75) is 194 Å². The van der Waals surface area contributed by atoms with Gasteiger partial charge in [-0.05, 0) is 18.8 Å². The van der Waals surface area contributed by atoms with Crippen molar-refractivity contribution in [3.8, 4) is 0 Å². The molecule has 224 valence electrons. The molecule has 0 bridgehead atoms. The van der Waals surface area contributed by atoms with Crippen LogP contribution in [0.4, 0.5) is 0 Å². The summed E-state index contributed by atoms with van der Waals surface area (Å²) in [5, 5.41) is 0. The molecule has 1 atom stereocenters. The van der Waals surface area contributed by atoms with E-state index < -0.39 is 10.4 Å². The Morgan fingerprint density at radius 3 is 0.947 bits per heavy atom. The third-order valence-electron chi connectivity index (χ3n) is 7.88. The largest absolute Gasteiger partial charge is 1.00 e. The molecule has 4 nitrogen and oxygen atoms in total. The molecule has 0 rings (SSSR count). The molecule has 0 aromatic carbocycles. The molecule has 0 saturated heterocycles. The van der Waals surface area contributed by atoms with Gasteiger partial charge in [0.25, 0.3) is 0 Å². The predicted molar refractivity (Wildman–Crippen MR) is 160 cm³/mol. The zero-order valence-electron chi connectivity index (χ0n) is 26.1. The zero-order chi connectivity index (χ0) is 27.3. The smallest absolute Gasteiger partial charge is 0.726 e. The summed E-state index contributed by atoms with van der Waals surface area (Å²) in [6.45, 7) is 4.61. The number of rotatable bonds is 31. The molecule has 0 heterocycles. The van der Waals surface area contributed by atoms with Crippen LogP contribution in [-0.4, -0.2) is 19.6 Å². The maximum absolute atomic E-state index is 10.9. The molecule has 0 aliphatic rings. The summed E-state index contributed by atoms with van der Waals surface area (Å²) in [4.78, 5) is 0. The van der Waals surface area contributed by atoms with Crippen molar-refractivity contribution >= 4 is 10.4 Å². The number of unbranched alkanes of at least 4 members (excludes halogenated alkanes) is 24. The third-order valence-corrected chi connectivity index (χ3v) is 8.30. The van der Waals surface area contributed by atoms with Crippen LogP contribution in [0.5, 0.6) is 0 Å². The van der Waals surface area contributed by atoms with Crippen molar-refractivity contribution in [3.05, 3.63) is 0 Å². The van der Waals surface area contributed by atoms with Crippen LogP contribution in [0, 0.1) is 5.92 Å². The quantitative estimate of drug-likeness (QED) is 0.0358. The van der Waals surface area contributed by atoms with Crippen molar-refractivity contribution in [2.24, 2.45) is 5.92 Å².